The van der Waals surface area contributed by atoms with Crippen molar-refractivity contribution in [1.82, 2.24) is 20.1 Å². The van der Waals surface area contributed by atoms with Gasteiger partial charge < -0.3 is 10.1 Å². The summed E-state index contributed by atoms with van der Waals surface area (Å²) in [6.07, 6.45) is 2.73. The van der Waals surface area contributed by atoms with Crippen LogP contribution in [0, 0.1) is 0 Å². The van der Waals surface area contributed by atoms with Crippen molar-refractivity contribution in [1.29, 1.82) is 0 Å². The molecule has 0 aliphatic carbocycles. The molecule has 2 aromatic heterocycles. The number of rotatable bonds is 6. The molecule has 0 spiro atoms. The van der Waals surface area contributed by atoms with Crippen LogP contribution in [-0.2, 0) is 11.3 Å². The molecule has 2 aromatic carbocycles. The number of nitrogens with one attached hydrogen (secondary N) is 1. The molecule has 28 heavy (non-hydrogen) atoms. The van der Waals surface area contributed by atoms with Crippen LogP contribution in [0.4, 0.5) is 0 Å². The number of hydrogen-bond acceptors (Lipinski definition) is 4. The molecular weight excluding hydrogens is 352 g/mol. The number of pyridine rings is 1. The van der Waals surface area contributed by atoms with Gasteiger partial charge in [-0.05, 0) is 24.6 Å². The summed E-state index contributed by atoms with van der Waals surface area (Å²) in [6, 6.07) is 15.7. The van der Waals surface area contributed by atoms with E-state index in [1.807, 2.05) is 61.7 Å². The lowest BCUT2D eigenvalue weighted by molar-refractivity contribution is -0.121. The van der Waals surface area contributed by atoms with Gasteiger partial charge >= 0.3 is 0 Å². The zero-order valence-electron chi connectivity index (χ0n) is 16.0. The van der Waals surface area contributed by atoms with Crippen molar-refractivity contribution in [3.63, 3.8) is 0 Å². The van der Waals surface area contributed by atoms with Crippen LogP contribution >= 0.6 is 0 Å². The summed E-state index contributed by atoms with van der Waals surface area (Å²) < 4.78 is 7.17. The number of benzene rings is 2. The zero-order chi connectivity index (χ0) is 19.5. The molecule has 0 radical (unpaired) electrons. The van der Waals surface area contributed by atoms with Crippen molar-refractivity contribution < 1.29 is 9.53 Å². The first-order valence-corrected chi connectivity index (χ1v) is 9.36. The topological polar surface area (TPSA) is 69.0 Å². The van der Waals surface area contributed by atoms with Crippen LogP contribution in [0.3, 0.4) is 0 Å². The molecular formula is C22H22N4O2. The van der Waals surface area contributed by atoms with Gasteiger partial charge in [-0.25, -0.2) is 0 Å². The fourth-order valence-corrected chi connectivity index (χ4v) is 3.34. The van der Waals surface area contributed by atoms with Crippen LogP contribution in [0.5, 0.6) is 5.75 Å². The van der Waals surface area contributed by atoms with Crippen molar-refractivity contribution in [2.75, 3.05) is 13.7 Å². The van der Waals surface area contributed by atoms with Gasteiger partial charge in [-0.2, -0.15) is 5.10 Å². The third-order valence-corrected chi connectivity index (χ3v) is 4.69. The number of fused-ring (bicyclic) bond motifs is 3. The molecule has 4 rings (SSSR count). The molecule has 0 atom stereocenters. The van der Waals surface area contributed by atoms with E-state index < -0.39 is 0 Å². The van der Waals surface area contributed by atoms with Gasteiger partial charge in [-0.3, -0.25) is 14.5 Å². The van der Waals surface area contributed by atoms with Crippen LogP contribution < -0.4 is 10.1 Å². The number of carbonyl (C=O) groups is 1. The van der Waals surface area contributed by atoms with E-state index in [2.05, 4.69) is 10.3 Å². The average molecular weight is 374 g/mol. The molecule has 6 heteroatoms. The highest BCUT2D eigenvalue weighted by Gasteiger charge is 2.18. The predicted molar refractivity (Wildman–Crippen MR) is 110 cm³/mol. The third kappa shape index (κ3) is 3.29. The Balaban J connectivity index is 1.94. The molecule has 142 valence electrons. The minimum Gasteiger partial charge on any atom is -0.497 e. The van der Waals surface area contributed by atoms with Crippen molar-refractivity contribution in [2.24, 2.45) is 0 Å². The minimum absolute atomic E-state index is 0.0567. The van der Waals surface area contributed by atoms with Crippen LogP contribution in [0.25, 0.3) is 33.1 Å². The van der Waals surface area contributed by atoms with E-state index in [0.29, 0.717) is 6.54 Å². The Kier molecular flexibility index (Phi) is 4.93. The Morgan fingerprint density at radius 1 is 1.14 bits per heavy atom. The van der Waals surface area contributed by atoms with Crippen LogP contribution in [0.15, 0.2) is 54.7 Å². The maximum Gasteiger partial charge on any atom is 0.241 e. The van der Waals surface area contributed by atoms with Gasteiger partial charge in [0.1, 0.15) is 18.0 Å². The van der Waals surface area contributed by atoms with Gasteiger partial charge in [0.25, 0.3) is 0 Å². The molecule has 0 fully saturated rings. The first-order valence-electron chi connectivity index (χ1n) is 9.36. The molecule has 6 nitrogen and oxygen atoms in total. The maximum absolute atomic E-state index is 12.4. The largest absolute Gasteiger partial charge is 0.497 e. The van der Waals surface area contributed by atoms with E-state index in [4.69, 9.17) is 9.84 Å². The number of carbonyl (C=O) groups excluding carboxylic acids is 1. The number of amides is 1. The van der Waals surface area contributed by atoms with E-state index >= 15 is 0 Å². The van der Waals surface area contributed by atoms with Crippen molar-refractivity contribution in [2.45, 2.75) is 19.9 Å². The summed E-state index contributed by atoms with van der Waals surface area (Å²) in [6.45, 7) is 2.84. The van der Waals surface area contributed by atoms with Gasteiger partial charge in [-0.1, -0.05) is 37.3 Å². The number of methoxy groups -OCH3 is 1. The number of ether oxygens (including phenoxy) is 1. The van der Waals surface area contributed by atoms with Gasteiger partial charge in [0.05, 0.1) is 18.1 Å². The molecule has 0 saturated carbocycles. The van der Waals surface area contributed by atoms with E-state index in [1.54, 1.807) is 11.8 Å². The predicted octanol–water partition coefficient (Wildman–Crippen LogP) is 3.79. The quantitative estimate of drug-likeness (QED) is 0.558. The second kappa shape index (κ2) is 7.68. The summed E-state index contributed by atoms with van der Waals surface area (Å²) in [5.74, 6) is 0.685. The lowest BCUT2D eigenvalue weighted by Gasteiger charge is -2.08. The summed E-state index contributed by atoms with van der Waals surface area (Å²) in [7, 11) is 1.64. The summed E-state index contributed by atoms with van der Waals surface area (Å²) in [5.41, 5.74) is 3.53. The molecule has 2 heterocycles. The lowest BCUT2D eigenvalue weighted by atomic mass is 10.1. The van der Waals surface area contributed by atoms with Gasteiger partial charge in [0, 0.05) is 29.1 Å². The molecule has 1 N–H and O–H groups in total. The fourth-order valence-electron chi connectivity index (χ4n) is 3.34. The van der Waals surface area contributed by atoms with Crippen LogP contribution in [-0.4, -0.2) is 34.3 Å². The molecule has 0 bridgehead atoms. The van der Waals surface area contributed by atoms with Gasteiger partial charge in [0.15, 0.2) is 0 Å². The van der Waals surface area contributed by atoms with Crippen LogP contribution in [0.1, 0.15) is 13.3 Å². The highest BCUT2D eigenvalue weighted by atomic mass is 16.5. The summed E-state index contributed by atoms with van der Waals surface area (Å²) >= 11 is 0. The van der Waals surface area contributed by atoms with Crippen molar-refractivity contribution >= 4 is 27.7 Å². The maximum atomic E-state index is 12.4. The van der Waals surface area contributed by atoms with Gasteiger partial charge in [0.2, 0.25) is 5.91 Å². The van der Waals surface area contributed by atoms with E-state index in [0.717, 1.165) is 45.2 Å². The highest BCUT2D eigenvalue weighted by molar-refractivity contribution is 6.08. The third-order valence-electron chi connectivity index (χ3n) is 4.69. The molecule has 0 aliphatic rings. The van der Waals surface area contributed by atoms with E-state index in [-0.39, 0.29) is 12.5 Å². The summed E-state index contributed by atoms with van der Waals surface area (Å²) in [4.78, 5) is 17.0. The smallest absolute Gasteiger partial charge is 0.241 e. The monoisotopic (exact) mass is 374 g/mol. The lowest BCUT2D eigenvalue weighted by Crippen LogP contribution is -2.28. The molecule has 0 aliphatic heterocycles. The zero-order valence-corrected chi connectivity index (χ0v) is 16.0. The standard InChI is InChI=1S/C22H22N4O2/c1-3-11-23-20(27)14-26-22-17-12-16(28-2)9-10-19(17)24-13-18(22)21(25-26)15-7-5-4-6-8-15/h4-10,12-13H,3,11,14H2,1-2H3,(H,23,27). The number of aromatic nitrogens is 3. The number of hydrogen-bond donors (Lipinski definition) is 1. The minimum atomic E-state index is -0.0567. The molecule has 4 aromatic rings. The Morgan fingerprint density at radius 3 is 2.71 bits per heavy atom. The second-order valence-corrected chi connectivity index (χ2v) is 6.63. The second-order valence-electron chi connectivity index (χ2n) is 6.63. The fraction of sp³-hybridized carbons (Fsp3) is 0.227. The SMILES string of the molecule is CCCNC(=O)Cn1nc(-c2ccccc2)c2cnc3ccc(OC)cc3c21. The Morgan fingerprint density at radius 2 is 1.96 bits per heavy atom. The highest BCUT2D eigenvalue weighted by Crippen LogP contribution is 2.33. The number of nitrogens with zero attached hydrogens (tertiary/aromatic N) is 3. The Hall–Kier alpha value is -3.41. The Labute approximate surface area is 163 Å². The molecule has 1 amide bonds. The average Bonchev–Trinajstić information content (AvgIpc) is 3.11. The first kappa shape index (κ1) is 18.0. The van der Waals surface area contributed by atoms with E-state index in [1.165, 1.54) is 0 Å². The van der Waals surface area contributed by atoms with Gasteiger partial charge in [-0.15, -0.1) is 0 Å². The van der Waals surface area contributed by atoms with Crippen LogP contribution in [0.2, 0.25) is 0 Å². The van der Waals surface area contributed by atoms with E-state index in [9.17, 15) is 4.79 Å². The molecule has 0 saturated heterocycles. The normalized spacial score (nSPS) is 11.1. The van der Waals surface area contributed by atoms with Crippen molar-refractivity contribution in [3.8, 4) is 17.0 Å². The molecule has 0 unspecified atom stereocenters. The summed E-state index contributed by atoms with van der Waals surface area (Å²) in [5, 5.41) is 9.54. The Bertz CT molecular complexity index is 1140. The van der Waals surface area contributed by atoms with Crippen molar-refractivity contribution in [3.05, 3.63) is 54.7 Å². The first-order chi connectivity index (χ1) is 13.7.